The molecule has 4 nitrogen and oxygen atoms in total. The summed E-state index contributed by atoms with van der Waals surface area (Å²) in [7, 11) is 0. The maximum absolute atomic E-state index is 12.1. The molecule has 1 aromatic rings. The summed E-state index contributed by atoms with van der Waals surface area (Å²) in [5.74, 6) is -0.343. The van der Waals surface area contributed by atoms with Gasteiger partial charge in [-0.3, -0.25) is 4.79 Å². The molecule has 1 rings (SSSR count). The van der Waals surface area contributed by atoms with E-state index in [0.29, 0.717) is 6.54 Å². The molecule has 1 amide bonds. The lowest BCUT2D eigenvalue weighted by Gasteiger charge is -2.33. The number of carbonyl (C=O) groups excluding carboxylic acids is 1. The molecule has 0 bridgehead atoms. The minimum atomic E-state index is -0.343. The molecule has 1 aromatic carbocycles. The van der Waals surface area contributed by atoms with E-state index in [1.54, 1.807) is 6.20 Å². The Morgan fingerprint density at radius 3 is 2.43 bits per heavy atom. The molecule has 0 aliphatic carbocycles. The Balaban J connectivity index is 2.76. The first kappa shape index (κ1) is 16.8. The van der Waals surface area contributed by atoms with Crippen LogP contribution in [-0.4, -0.2) is 22.9 Å². The van der Waals surface area contributed by atoms with Gasteiger partial charge in [0, 0.05) is 24.8 Å². The summed E-state index contributed by atoms with van der Waals surface area (Å²) in [6, 6.07) is 11.6. The molecule has 21 heavy (non-hydrogen) atoms. The zero-order valence-corrected chi connectivity index (χ0v) is 13.2. The third-order valence-corrected chi connectivity index (χ3v) is 3.15. The van der Waals surface area contributed by atoms with E-state index < -0.39 is 0 Å². The van der Waals surface area contributed by atoms with Crippen LogP contribution in [0.15, 0.2) is 42.1 Å². The lowest BCUT2D eigenvalue weighted by molar-refractivity contribution is -0.117. The van der Waals surface area contributed by atoms with Gasteiger partial charge in [-0.1, -0.05) is 30.3 Å². The van der Waals surface area contributed by atoms with Gasteiger partial charge in [-0.2, -0.15) is 5.26 Å². The van der Waals surface area contributed by atoms with Crippen LogP contribution >= 0.6 is 0 Å². The number of benzene rings is 1. The molecular weight excluding hydrogens is 262 g/mol. The minimum Gasteiger partial charge on any atom is -0.372 e. The van der Waals surface area contributed by atoms with Crippen LogP contribution in [0.25, 0.3) is 0 Å². The molecule has 0 atom stereocenters. The van der Waals surface area contributed by atoms with E-state index in [1.807, 2.05) is 69.0 Å². The van der Waals surface area contributed by atoms with Crippen molar-refractivity contribution < 1.29 is 4.79 Å². The summed E-state index contributed by atoms with van der Waals surface area (Å²) in [5, 5.41) is 12.0. The van der Waals surface area contributed by atoms with E-state index in [-0.39, 0.29) is 17.0 Å². The average Bonchev–Trinajstić information content (AvgIpc) is 2.45. The van der Waals surface area contributed by atoms with Crippen molar-refractivity contribution in [1.29, 1.82) is 5.26 Å². The van der Waals surface area contributed by atoms with Crippen molar-refractivity contribution in [3.05, 3.63) is 47.7 Å². The Hall–Kier alpha value is -2.28. The van der Waals surface area contributed by atoms with E-state index in [2.05, 4.69) is 5.32 Å². The zero-order chi connectivity index (χ0) is 15.9. The van der Waals surface area contributed by atoms with Crippen molar-refractivity contribution in [2.75, 3.05) is 6.54 Å². The van der Waals surface area contributed by atoms with E-state index in [9.17, 15) is 10.1 Å². The van der Waals surface area contributed by atoms with Crippen LogP contribution in [0.1, 0.15) is 33.3 Å². The van der Waals surface area contributed by atoms with Crippen LogP contribution in [0.4, 0.5) is 0 Å². The smallest absolute Gasteiger partial charge is 0.263 e. The van der Waals surface area contributed by atoms with Gasteiger partial charge in [0.15, 0.2) is 0 Å². The maximum Gasteiger partial charge on any atom is 0.263 e. The number of nitriles is 1. The Kier molecular flexibility index (Phi) is 5.98. The third kappa shape index (κ3) is 5.31. The molecule has 0 saturated heterocycles. The van der Waals surface area contributed by atoms with Gasteiger partial charge in [0.05, 0.1) is 0 Å². The SMILES string of the molecule is CCN(/C=C(/C#N)C(=O)NCc1ccccc1)C(C)(C)C. The van der Waals surface area contributed by atoms with Gasteiger partial charge >= 0.3 is 0 Å². The van der Waals surface area contributed by atoms with Gasteiger partial charge in [0.1, 0.15) is 11.6 Å². The molecular formula is C17H23N3O. The third-order valence-electron chi connectivity index (χ3n) is 3.15. The molecule has 0 heterocycles. The predicted molar refractivity (Wildman–Crippen MR) is 84.1 cm³/mol. The van der Waals surface area contributed by atoms with Gasteiger partial charge in [0.25, 0.3) is 5.91 Å². The fraction of sp³-hybridized carbons (Fsp3) is 0.412. The van der Waals surface area contributed by atoms with Crippen LogP contribution < -0.4 is 5.32 Å². The predicted octanol–water partition coefficient (Wildman–Crippen LogP) is 2.83. The Morgan fingerprint density at radius 2 is 1.95 bits per heavy atom. The van der Waals surface area contributed by atoms with Crippen LogP contribution in [0, 0.1) is 11.3 Å². The topological polar surface area (TPSA) is 56.1 Å². The number of amides is 1. The average molecular weight is 285 g/mol. The van der Waals surface area contributed by atoms with Gasteiger partial charge in [-0.25, -0.2) is 0 Å². The highest BCUT2D eigenvalue weighted by Gasteiger charge is 2.19. The standard InChI is InChI=1S/C17H23N3O/c1-5-20(17(2,3)4)13-15(11-18)16(21)19-12-14-9-7-6-8-10-14/h6-10,13H,5,12H2,1-4H3,(H,19,21)/b15-13-. The molecule has 0 aliphatic heterocycles. The second-order valence-electron chi connectivity index (χ2n) is 5.78. The fourth-order valence-corrected chi connectivity index (χ4v) is 1.93. The van der Waals surface area contributed by atoms with Crippen molar-refractivity contribution in [1.82, 2.24) is 10.2 Å². The lowest BCUT2D eigenvalue weighted by Crippen LogP contribution is -2.38. The van der Waals surface area contributed by atoms with Crippen molar-refractivity contribution in [2.45, 2.75) is 39.8 Å². The lowest BCUT2D eigenvalue weighted by atomic mass is 10.1. The molecule has 0 aliphatic rings. The largest absolute Gasteiger partial charge is 0.372 e. The van der Waals surface area contributed by atoms with E-state index in [1.165, 1.54) is 0 Å². The highest BCUT2D eigenvalue weighted by Crippen LogP contribution is 2.14. The zero-order valence-electron chi connectivity index (χ0n) is 13.2. The van der Waals surface area contributed by atoms with Crippen molar-refractivity contribution in [3.63, 3.8) is 0 Å². The van der Waals surface area contributed by atoms with E-state index in [0.717, 1.165) is 12.1 Å². The molecule has 0 spiro atoms. The monoisotopic (exact) mass is 285 g/mol. The number of carbonyl (C=O) groups is 1. The second kappa shape index (κ2) is 7.49. The number of hydrogen-bond acceptors (Lipinski definition) is 3. The summed E-state index contributed by atoms with van der Waals surface area (Å²) in [5.41, 5.74) is 1.00. The first-order chi connectivity index (χ1) is 9.88. The molecule has 0 saturated carbocycles. The molecule has 0 fully saturated rings. The Labute approximate surface area is 127 Å². The normalized spacial score (nSPS) is 11.7. The van der Waals surface area contributed by atoms with Crippen LogP contribution in [0.2, 0.25) is 0 Å². The molecule has 112 valence electrons. The summed E-state index contributed by atoms with van der Waals surface area (Å²) < 4.78 is 0. The van der Waals surface area contributed by atoms with Gasteiger partial charge in [-0.15, -0.1) is 0 Å². The molecule has 1 N–H and O–H groups in total. The van der Waals surface area contributed by atoms with Crippen LogP contribution in [0.3, 0.4) is 0 Å². The van der Waals surface area contributed by atoms with Crippen molar-refractivity contribution >= 4 is 5.91 Å². The van der Waals surface area contributed by atoms with Gasteiger partial charge in [-0.05, 0) is 33.3 Å². The molecule has 0 radical (unpaired) electrons. The Morgan fingerprint density at radius 1 is 1.33 bits per heavy atom. The fourth-order valence-electron chi connectivity index (χ4n) is 1.93. The van der Waals surface area contributed by atoms with Crippen molar-refractivity contribution in [3.8, 4) is 6.07 Å². The molecule has 0 unspecified atom stereocenters. The minimum absolute atomic E-state index is 0.128. The summed E-state index contributed by atoms with van der Waals surface area (Å²) in [4.78, 5) is 14.1. The highest BCUT2D eigenvalue weighted by molar-refractivity contribution is 5.97. The number of nitrogens with zero attached hydrogens (tertiary/aromatic N) is 2. The van der Waals surface area contributed by atoms with E-state index >= 15 is 0 Å². The number of hydrogen-bond donors (Lipinski definition) is 1. The van der Waals surface area contributed by atoms with Crippen LogP contribution in [-0.2, 0) is 11.3 Å². The van der Waals surface area contributed by atoms with Gasteiger partial charge < -0.3 is 10.2 Å². The number of rotatable bonds is 5. The first-order valence-electron chi connectivity index (χ1n) is 7.09. The Bertz CT molecular complexity index is 535. The first-order valence-corrected chi connectivity index (χ1v) is 7.09. The van der Waals surface area contributed by atoms with Crippen LogP contribution in [0.5, 0.6) is 0 Å². The summed E-state index contributed by atoms with van der Waals surface area (Å²) >= 11 is 0. The van der Waals surface area contributed by atoms with E-state index in [4.69, 9.17) is 0 Å². The van der Waals surface area contributed by atoms with Crippen molar-refractivity contribution in [2.24, 2.45) is 0 Å². The summed E-state index contributed by atoms with van der Waals surface area (Å²) in [6.07, 6.45) is 1.64. The molecule has 4 heteroatoms. The maximum atomic E-state index is 12.1. The molecule has 0 aromatic heterocycles. The second-order valence-corrected chi connectivity index (χ2v) is 5.78. The number of nitrogens with one attached hydrogen (secondary N) is 1. The quantitative estimate of drug-likeness (QED) is 0.668. The summed E-state index contributed by atoms with van der Waals surface area (Å²) in [6.45, 7) is 9.29. The highest BCUT2D eigenvalue weighted by atomic mass is 16.1. The van der Waals surface area contributed by atoms with Gasteiger partial charge in [0.2, 0.25) is 0 Å².